The van der Waals surface area contributed by atoms with Crippen molar-refractivity contribution in [3.8, 4) is 0 Å². The van der Waals surface area contributed by atoms with E-state index in [1.165, 1.54) is 57.9 Å². The molecule has 130 valence electrons. The van der Waals surface area contributed by atoms with Gasteiger partial charge in [0.05, 0.1) is 13.2 Å². The lowest BCUT2D eigenvalue weighted by Crippen LogP contribution is -2.32. The molecule has 2 aliphatic rings. The van der Waals surface area contributed by atoms with E-state index in [-0.39, 0.29) is 13.2 Å². The van der Waals surface area contributed by atoms with E-state index in [0.29, 0.717) is 5.78 Å². The lowest BCUT2D eigenvalue weighted by Gasteiger charge is -2.30. The number of likely N-dealkylation sites (tertiary alicyclic amines) is 1. The average molecular weight is 313 g/mol. The van der Waals surface area contributed by atoms with E-state index < -0.39 is 0 Å². The summed E-state index contributed by atoms with van der Waals surface area (Å²) in [6.07, 6.45) is 13.4. The summed E-state index contributed by atoms with van der Waals surface area (Å²) in [5.74, 6) is 1.34. The summed E-state index contributed by atoms with van der Waals surface area (Å²) in [5.41, 5.74) is 0. The Bertz CT molecular complexity index is 288. The number of aliphatic hydroxyl groups excluding tert-OH is 2. The molecule has 1 saturated carbocycles. The molecule has 2 N–H and O–H groups in total. The Hall–Kier alpha value is -0.450. The molecular weight excluding hydrogens is 278 g/mol. The van der Waals surface area contributed by atoms with E-state index in [0.717, 1.165) is 31.3 Å². The Morgan fingerprint density at radius 2 is 1.73 bits per heavy atom. The molecule has 1 unspecified atom stereocenters. The maximum atomic E-state index is 11.0. The van der Waals surface area contributed by atoms with Gasteiger partial charge in [0, 0.05) is 12.5 Å². The normalized spacial score (nSPS) is 23.1. The van der Waals surface area contributed by atoms with Crippen molar-refractivity contribution in [3.05, 3.63) is 0 Å². The van der Waals surface area contributed by atoms with Crippen LogP contribution in [0.15, 0.2) is 0 Å². The van der Waals surface area contributed by atoms with Gasteiger partial charge in [0.1, 0.15) is 5.78 Å². The van der Waals surface area contributed by atoms with Crippen LogP contribution in [-0.2, 0) is 4.79 Å². The summed E-state index contributed by atoms with van der Waals surface area (Å²) in [4.78, 5) is 13.7. The average Bonchev–Trinajstić information content (AvgIpc) is 2.95. The molecule has 22 heavy (non-hydrogen) atoms. The highest BCUT2D eigenvalue weighted by atomic mass is 16.3. The molecule has 2 rings (SSSR count). The van der Waals surface area contributed by atoms with Crippen LogP contribution in [0.5, 0.6) is 0 Å². The van der Waals surface area contributed by atoms with Gasteiger partial charge in [-0.3, -0.25) is 0 Å². The quantitative estimate of drug-likeness (QED) is 0.759. The van der Waals surface area contributed by atoms with Gasteiger partial charge >= 0.3 is 0 Å². The molecule has 1 saturated heterocycles. The fraction of sp³-hybridized carbons (Fsp3) is 0.944. The zero-order chi connectivity index (χ0) is 16.2. The number of Topliss-reactive ketones (excluding diaryl/α,β-unsaturated/α-hetero) is 1. The van der Waals surface area contributed by atoms with Crippen LogP contribution in [0.3, 0.4) is 0 Å². The van der Waals surface area contributed by atoms with E-state index in [9.17, 15) is 4.79 Å². The van der Waals surface area contributed by atoms with Gasteiger partial charge in [0.2, 0.25) is 0 Å². The van der Waals surface area contributed by atoms with Crippen molar-refractivity contribution >= 4 is 5.78 Å². The van der Waals surface area contributed by atoms with E-state index in [1.807, 2.05) is 0 Å². The molecule has 0 spiro atoms. The Balaban J connectivity index is 0.000000541. The van der Waals surface area contributed by atoms with E-state index >= 15 is 0 Å². The highest BCUT2D eigenvalue weighted by molar-refractivity contribution is 5.75. The topological polar surface area (TPSA) is 60.8 Å². The van der Waals surface area contributed by atoms with E-state index in [1.54, 1.807) is 6.92 Å². The Morgan fingerprint density at radius 1 is 1.05 bits per heavy atom. The summed E-state index contributed by atoms with van der Waals surface area (Å²) >= 11 is 0. The standard InChI is InChI=1S/C16H29NO.C2H6O2/c1-14(18)7-5-11-17-12-6-10-16(17)13-15-8-3-2-4-9-15;3-1-2-4/h15-16H,2-13H2,1H3;3-4H,1-2H2. The van der Waals surface area contributed by atoms with Crippen molar-refractivity contribution < 1.29 is 15.0 Å². The zero-order valence-electron chi connectivity index (χ0n) is 14.3. The molecule has 2 fully saturated rings. The van der Waals surface area contributed by atoms with Gasteiger partial charge in [-0.25, -0.2) is 0 Å². The van der Waals surface area contributed by atoms with Crippen LogP contribution in [0, 0.1) is 5.92 Å². The lowest BCUT2D eigenvalue weighted by atomic mass is 9.84. The molecule has 0 aromatic carbocycles. The third-order valence-corrected chi connectivity index (χ3v) is 4.90. The highest BCUT2D eigenvalue weighted by Gasteiger charge is 2.27. The molecule has 1 aliphatic heterocycles. The highest BCUT2D eigenvalue weighted by Crippen LogP contribution is 2.32. The molecule has 1 atom stereocenters. The minimum atomic E-state index is -0.125. The maximum absolute atomic E-state index is 11.0. The third kappa shape index (κ3) is 8.25. The van der Waals surface area contributed by atoms with Crippen LogP contribution < -0.4 is 0 Å². The summed E-state index contributed by atoms with van der Waals surface area (Å²) in [6.45, 7) is 3.88. The molecule has 0 bridgehead atoms. The van der Waals surface area contributed by atoms with Gasteiger partial charge in [-0.1, -0.05) is 32.1 Å². The largest absolute Gasteiger partial charge is 0.394 e. The molecule has 4 nitrogen and oxygen atoms in total. The Morgan fingerprint density at radius 3 is 2.32 bits per heavy atom. The van der Waals surface area contributed by atoms with Crippen molar-refractivity contribution in [2.24, 2.45) is 5.92 Å². The van der Waals surface area contributed by atoms with Gasteiger partial charge < -0.3 is 19.9 Å². The molecular formula is C18H35NO3. The first-order chi connectivity index (χ1) is 10.7. The van der Waals surface area contributed by atoms with Gasteiger partial charge in [-0.05, 0) is 51.6 Å². The first kappa shape index (κ1) is 19.6. The number of hydrogen-bond donors (Lipinski definition) is 2. The van der Waals surface area contributed by atoms with Crippen LogP contribution in [0.4, 0.5) is 0 Å². The minimum Gasteiger partial charge on any atom is -0.394 e. The van der Waals surface area contributed by atoms with Crippen LogP contribution in [0.25, 0.3) is 0 Å². The van der Waals surface area contributed by atoms with Crippen LogP contribution >= 0.6 is 0 Å². The van der Waals surface area contributed by atoms with E-state index in [4.69, 9.17) is 10.2 Å². The van der Waals surface area contributed by atoms with Gasteiger partial charge in [0.25, 0.3) is 0 Å². The second kappa shape index (κ2) is 12.0. The SMILES string of the molecule is CC(=O)CCCN1CCCC1CC1CCCCC1.OCCO. The number of carbonyl (C=O) groups is 1. The summed E-state index contributed by atoms with van der Waals surface area (Å²) < 4.78 is 0. The smallest absolute Gasteiger partial charge is 0.129 e. The molecule has 0 radical (unpaired) electrons. The van der Waals surface area contributed by atoms with Gasteiger partial charge in [-0.15, -0.1) is 0 Å². The van der Waals surface area contributed by atoms with Crippen LogP contribution in [0.2, 0.25) is 0 Å². The molecule has 4 heteroatoms. The molecule has 0 aromatic rings. The molecule has 0 aromatic heterocycles. The zero-order valence-corrected chi connectivity index (χ0v) is 14.3. The summed E-state index contributed by atoms with van der Waals surface area (Å²) in [7, 11) is 0. The first-order valence-corrected chi connectivity index (χ1v) is 9.12. The van der Waals surface area contributed by atoms with Gasteiger partial charge in [0.15, 0.2) is 0 Å². The van der Waals surface area contributed by atoms with Crippen LogP contribution in [-0.4, -0.2) is 53.2 Å². The number of aliphatic hydroxyl groups is 2. The number of carbonyl (C=O) groups excluding carboxylic acids is 1. The number of ketones is 1. The third-order valence-electron chi connectivity index (χ3n) is 4.90. The summed E-state index contributed by atoms with van der Waals surface area (Å²) in [5, 5.41) is 15.2. The number of nitrogens with zero attached hydrogens (tertiary/aromatic N) is 1. The van der Waals surface area contributed by atoms with Crippen molar-refractivity contribution in [2.75, 3.05) is 26.3 Å². The molecule has 1 aliphatic carbocycles. The van der Waals surface area contributed by atoms with Crippen LogP contribution in [0.1, 0.15) is 71.1 Å². The maximum Gasteiger partial charge on any atom is 0.129 e. The predicted octanol–water partition coefficient (Wildman–Crippen LogP) is 2.76. The first-order valence-electron chi connectivity index (χ1n) is 9.12. The van der Waals surface area contributed by atoms with Crippen molar-refractivity contribution in [3.63, 3.8) is 0 Å². The van der Waals surface area contributed by atoms with E-state index in [2.05, 4.69) is 4.90 Å². The number of hydrogen-bond acceptors (Lipinski definition) is 4. The minimum absolute atomic E-state index is 0.125. The fourth-order valence-electron chi connectivity index (χ4n) is 3.80. The van der Waals surface area contributed by atoms with Crippen molar-refractivity contribution in [2.45, 2.75) is 77.2 Å². The molecule has 1 heterocycles. The second-order valence-corrected chi connectivity index (χ2v) is 6.82. The van der Waals surface area contributed by atoms with Crippen molar-refractivity contribution in [1.82, 2.24) is 4.90 Å². The number of rotatable bonds is 7. The van der Waals surface area contributed by atoms with Crippen molar-refractivity contribution in [1.29, 1.82) is 0 Å². The lowest BCUT2D eigenvalue weighted by molar-refractivity contribution is -0.117. The predicted molar refractivity (Wildman–Crippen MR) is 89.9 cm³/mol. The second-order valence-electron chi connectivity index (χ2n) is 6.82. The summed E-state index contributed by atoms with van der Waals surface area (Å²) in [6, 6.07) is 0.833. The monoisotopic (exact) mass is 313 g/mol. The Labute approximate surface area is 135 Å². The molecule has 0 amide bonds. The van der Waals surface area contributed by atoms with Gasteiger partial charge in [-0.2, -0.15) is 0 Å². The Kier molecular flexibility index (Phi) is 10.7. The fourth-order valence-corrected chi connectivity index (χ4v) is 3.80.